The zero-order chi connectivity index (χ0) is 16.1. The summed E-state index contributed by atoms with van der Waals surface area (Å²) in [6.07, 6.45) is 4.84. The van der Waals surface area contributed by atoms with Gasteiger partial charge in [0.25, 0.3) is 0 Å². The summed E-state index contributed by atoms with van der Waals surface area (Å²) in [4.78, 5) is 25.5. The Morgan fingerprint density at radius 2 is 1.95 bits per heavy atom. The summed E-state index contributed by atoms with van der Waals surface area (Å²) in [7, 11) is 1.36. The van der Waals surface area contributed by atoms with E-state index in [9.17, 15) is 9.59 Å². The predicted octanol–water partition coefficient (Wildman–Crippen LogP) is 2.99. The molecule has 1 aliphatic rings. The SMILES string of the molecule is COC(=O)C1CCCN1C(=O)/C=C/c1ccc(C(C)C)cc1. The van der Waals surface area contributed by atoms with Crippen molar-refractivity contribution < 1.29 is 14.3 Å². The number of likely N-dealkylation sites (tertiary alicyclic amines) is 1. The fourth-order valence-electron chi connectivity index (χ4n) is 2.67. The highest BCUT2D eigenvalue weighted by molar-refractivity contribution is 5.95. The number of hydrogen-bond acceptors (Lipinski definition) is 3. The number of nitrogens with zero attached hydrogens (tertiary/aromatic N) is 1. The van der Waals surface area contributed by atoms with Crippen LogP contribution in [0.5, 0.6) is 0 Å². The quantitative estimate of drug-likeness (QED) is 0.634. The summed E-state index contributed by atoms with van der Waals surface area (Å²) in [6.45, 7) is 4.90. The molecular weight excluding hydrogens is 278 g/mol. The van der Waals surface area contributed by atoms with Crippen LogP contribution in [0.4, 0.5) is 0 Å². The van der Waals surface area contributed by atoms with Crippen molar-refractivity contribution in [2.24, 2.45) is 0 Å². The van der Waals surface area contributed by atoms with Gasteiger partial charge in [0.1, 0.15) is 6.04 Å². The lowest BCUT2D eigenvalue weighted by Crippen LogP contribution is -2.40. The van der Waals surface area contributed by atoms with E-state index in [0.717, 1.165) is 12.0 Å². The molecule has 4 heteroatoms. The summed E-state index contributed by atoms with van der Waals surface area (Å²) in [5, 5.41) is 0. The monoisotopic (exact) mass is 301 g/mol. The Labute approximate surface area is 131 Å². The van der Waals surface area contributed by atoms with E-state index in [2.05, 4.69) is 26.0 Å². The second kappa shape index (κ2) is 7.25. The summed E-state index contributed by atoms with van der Waals surface area (Å²) in [5.41, 5.74) is 2.25. The minimum atomic E-state index is -0.439. The Balaban J connectivity index is 2.03. The molecule has 1 aromatic carbocycles. The smallest absolute Gasteiger partial charge is 0.328 e. The third-order valence-electron chi connectivity index (χ3n) is 4.03. The van der Waals surface area contributed by atoms with Crippen molar-refractivity contribution in [1.29, 1.82) is 0 Å². The molecule has 0 aromatic heterocycles. The topological polar surface area (TPSA) is 46.6 Å². The van der Waals surface area contributed by atoms with E-state index in [1.807, 2.05) is 12.1 Å². The molecule has 2 rings (SSSR count). The van der Waals surface area contributed by atoms with E-state index in [1.165, 1.54) is 18.7 Å². The first-order chi connectivity index (χ1) is 10.5. The van der Waals surface area contributed by atoms with E-state index in [0.29, 0.717) is 18.9 Å². The first-order valence-corrected chi connectivity index (χ1v) is 7.69. The summed E-state index contributed by atoms with van der Waals surface area (Å²) in [5.74, 6) is 0.0199. The molecule has 0 saturated carbocycles. The third kappa shape index (κ3) is 3.75. The molecule has 1 aliphatic heterocycles. The number of benzene rings is 1. The van der Waals surface area contributed by atoms with Gasteiger partial charge in [-0.1, -0.05) is 38.1 Å². The Bertz CT molecular complexity index is 560. The van der Waals surface area contributed by atoms with Gasteiger partial charge in [0.15, 0.2) is 0 Å². The molecule has 1 amide bonds. The summed E-state index contributed by atoms with van der Waals surface area (Å²) < 4.78 is 4.76. The molecule has 4 nitrogen and oxygen atoms in total. The maximum Gasteiger partial charge on any atom is 0.328 e. The molecule has 1 atom stereocenters. The number of carbonyl (C=O) groups excluding carboxylic acids is 2. The highest BCUT2D eigenvalue weighted by atomic mass is 16.5. The lowest BCUT2D eigenvalue weighted by atomic mass is 10.0. The van der Waals surface area contributed by atoms with Crippen LogP contribution in [0.2, 0.25) is 0 Å². The molecular formula is C18H23NO3. The number of esters is 1. The van der Waals surface area contributed by atoms with Crippen LogP contribution in [0.3, 0.4) is 0 Å². The fraction of sp³-hybridized carbons (Fsp3) is 0.444. The van der Waals surface area contributed by atoms with Crippen LogP contribution in [0, 0.1) is 0 Å². The van der Waals surface area contributed by atoms with Crippen LogP contribution in [-0.4, -0.2) is 36.5 Å². The van der Waals surface area contributed by atoms with Crippen molar-refractivity contribution in [2.45, 2.75) is 38.6 Å². The number of ether oxygens (including phenoxy) is 1. The molecule has 1 aromatic rings. The molecule has 118 valence electrons. The Hall–Kier alpha value is -2.10. The molecule has 1 unspecified atom stereocenters. The molecule has 0 N–H and O–H groups in total. The van der Waals surface area contributed by atoms with Gasteiger partial charge < -0.3 is 9.64 Å². The van der Waals surface area contributed by atoms with Gasteiger partial charge in [-0.2, -0.15) is 0 Å². The van der Waals surface area contributed by atoms with Crippen molar-refractivity contribution in [3.05, 3.63) is 41.5 Å². The zero-order valence-electron chi connectivity index (χ0n) is 13.4. The summed E-state index contributed by atoms with van der Waals surface area (Å²) >= 11 is 0. The van der Waals surface area contributed by atoms with Crippen molar-refractivity contribution in [1.82, 2.24) is 4.90 Å². The van der Waals surface area contributed by atoms with E-state index < -0.39 is 6.04 Å². The first kappa shape index (κ1) is 16.3. The van der Waals surface area contributed by atoms with E-state index in [-0.39, 0.29) is 11.9 Å². The van der Waals surface area contributed by atoms with Crippen LogP contribution in [0.1, 0.15) is 43.7 Å². The zero-order valence-corrected chi connectivity index (χ0v) is 13.4. The molecule has 0 radical (unpaired) electrons. The van der Waals surface area contributed by atoms with Crippen LogP contribution in [0.15, 0.2) is 30.3 Å². The molecule has 1 fully saturated rings. The highest BCUT2D eigenvalue weighted by Gasteiger charge is 2.33. The maximum absolute atomic E-state index is 12.3. The minimum absolute atomic E-state index is 0.138. The molecule has 1 heterocycles. The number of rotatable bonds is 4. The first-order valence-electron chi connectivity index (χ1n) is 7.69. The van der Waals surface area contributed by atoms with Gasteiger partial charge in [-0.3, -0.25) is 4.79 Å². The van der Waals surface area contributed by atoms with Crippen LogP contribution >= 0.6 is 0 Å². The van der Waals surface area contributed by atoms with Gasteiger partial charge >= 0.3 is 5.97 Å². The lowest BCUT2D eigenvalue weighted by molar-refractivity contribution is -0.149. The standard InChI is InChI=1S/C18H23NO3/c1-13(2)15-9-6-14(7-10-15)8-11-17(20)19-12-4-5-16(19)18(21)22-3/h6-11,13,16H,4-5,12H2,1-3H3/b11-8+. The molecule has 22 heavy (non-hydrogen) atoms. The van der Waals surface area contributed by atoms with Crippen LogP contribution in [0.25, 0.3) is 6.08 Å². The van der Waals surface area contributed by atoms with E-state index in [1.54, 1.807) is 11.0 Å². The Morgan fingerprint density at radius 3 is 2.55 bits per heavy atom. The summed E-state index contributed by atoms with van der Waals surface area (Å²) in [6, 6.07) is 7.71. The van der Waals surface area contributed by atoms with E-state index in [4.69, 9.17) is 4.74 Å². The molecule has 0 spiro atoms. The number of amides is 1. The van der Waals surface area contributed by atoms with Crippen molar-refractivity contribution in [3.8, 4) is 0 Å². The van der Waals surface area contributed by atoms with Crippen LogP contribution in [-0.2, 0) is 14.3 Å². The van der Waals surface area contributed by atoms with Crippen LogP contribution < -0.4 is 0 Å². The Morgan fingerprint density at radius 1 is 1.27 bits per heavy atom. The van der Waals surface area contributed by atoms with Gasteiger partial charge in [0.2, 0.25) is 5.91 Å². The van der Waals surface area contributed by atoms with Gasteiger partial charge in [-0.05, 0) is 36.0 Å². The second-order valence-electron chi connectivity index (χ2n) is 5.87. The van der Waals surface area contributed by atoms with Crippen molar-refractivity contribution in [2.75, 3.05) is 13.7 Å². The van der Waals surface area contributed by atoms with Crippen molar-refractivity contribution in [3.63, 3.8) is 0 Å². The number of hydrogen-bond donors (Lipinski definition) is 0. The molecule has 0 bridgehead atoms. The van der Waals surface area contributed by atoms with Gasteiger partial charge in [-0.25, -0.2) is 4.79 Å². The minimum Gasteiger partial charge on any atom is -0.467 e. The Kier molecular flexibility index (Phi) is 5.36. The van der Waals surface area contributed by atoms with Crippen molar-refractivity contribution >= 4 is 18.0 Å². The molecule has 1 saturated heterocycles. The third-order valence-corrected chi connectivity index (χ3v) is 4.03. The largest absolute Gasteiger partial charge is 0.467 e. The highest BCUT2D eigenvalue weighted by Crippen LogP contribution is 2.19. The number of methoxy groups -OCH3 is 1. The number of carbonyl (C=O) groups is 2. The van der Waals surface area contributed by atoms with E-state index >= 15 is 0 Å². The maximum atomic E-state index is 12.3. The van der Waals surface area contributed by atoms with Gasteiger partial charge in [0, 0.05) is 12.6 Å². The average Bonchev–Trinajstić information content (AvgIpc) is 3.01. The lowest BCUT2D eigenvalue weighted by Gasteiger charge is -2.20. The van der Waals surface area contributed by atoms with Gasteiger partial charge in [-0.15, -0.1) is 0 Å². The predicted molar refractivity (Wildman–Crippen MR) is 86.3 cm³/mol. The average molecular weight is 301 g/mol. The van der Waals surface area contributed by atoms with Gasteiger partial charge in [0.05, 0.1) is 7.11 Å². The fourth-order valence-corrected chi connectivity index (χ4v) is 2.67. The molecule has 0 aliphatic carbocycles. The normalized spacial score (nSPS) is 18.2. The second-order valence-corrected chi connectivity index (χ2v) is 5.87.